The van der Waals surface area contributed by atoms with Gasteiger partial charge in [0.25, 0.3) is 5.91 Å². The van der Waals surface area contributed by atoms with Gasteiger partial charge in [0.05, 0.1) is 31.7 Å². The number of hydrogen-bond acceptors (Lipinski definition) is 8. The number of methoxy groups -OCH3 is 2. The molecule has 0 aliphatic carbocycles. The average Bonchev–Trinajstić information content (AvgIpc) is 3.10. The van der Waals surface area contributed by atoms with Crippen LogP contribution in [0.4, 0.5) is 17.5 Å². The first-order valence-electron chi connectivity index (χ1n) is 8.37. The Morgan fingerprint density at radius 2 is 1.89 bits per heavy atom. The summed E-state index contributed by atoms with van der Waals surface area (Å²) in [6, 6.07) is 5.49. The van der Waals surface area contributed by atoms with Gasteiger partial charge in [-0.05, 0) is 17.7 Å². The minimum atomic E-state index is -0.626. The Morgan fingerprint density at radius 3 is 2.46 bits per heavy atom. The lowest BCUT2D eigenvalue weighted by Gasteiger charge is -2.12. The zero-order valence-corrected chi connectivity index (χ0v) is 15.8. The molecule has 146 valence electrons. The van der Waals surface area contributed by atoms with E-state index in [-0.39, 0.29) is 5.56 Å². The van der Waals surface area contributed by atoms with Crippen LogP contribution in [0.1, 0.15) is 15.9 Å². The number of rotatable bonds is 8. The van der Waals surface area contributed by atoms with E-state index >= 15 is 0 Å². The molecule has 3 aromatic rings. The quantitative estimate of drug-likeness (QED) is 0.536. The van der Waals surface area contributed by atoms with E-state index in [2.05, 4.69) is 25.7 Å². The fourth-order valence-corrected chi connectivity index (χ4v) is 2.53. The lowest BCUT2D eigenvalue weighted by molar-refractivity contribution is 0.100. The number of carbonyl (C=O) groups excluding carboxylic acids is 1. The third-order valence-corrected chi connectivity index (χ3v) is 3.89. The van der Waals surface area contributed by atoms with E-state index in [0.29, 0.717) is 29.8 Å². The second-order valence-electron chi connectivity index (χ2n) is 5.92. The molecule has 0 atom stereocenters. The lowest BCUT2D eigenvalue weighted by atomic mass is 10.2. The normalized spacial score (nSPS) is 10.4. The number of nitrogens with two attached hydrogens (primary N) is 1. The fourth-order valence-electron chi connectivity index (χ4n) is 2.53. The molecule has 4 N–H and O–H groups in total. The van der Waals surface area contributed by atoms with Crippen LogP contribution in [0.15, 0.2) is 36.8 Å². The third kappa shape index (κ3) is 4.47. The van der Waals surface area contributed by atoms with Gasteiger partial charge >= 0.3 is 0 Å². The van der Waals surface area contributed by atoms with Crippen molar-refractivity contribution in [3.63, 3.8) is 0 Å². The molecule has 0 spiro atoms. The van der Waals surface area contributed by atoms with Crippen molar-refractivity contribution in [2.75, 3.05) is 24.9 Å². The molecular weight excluding hydrogens is 362 g/mol. The first-order valence-corrected chi connectivity index (χ1v) is 8.37. The van der Waals surface area contributed by atoms with Gasteiger partial charge in [0.1, 0.15) is 17.3 Å². The maximum absolute atomic E-state index is 11.7. The molecule has 10 nitrogen and oxygen atoms in total. The van der Waals surface area contributed by atoms with Gasteiger partial charge in [-0.2, -0.15) is 10.1 Å². The molecule has 2 heterocycles. The van der Waals surface area contributed by atoms with Crippen molar-refractivity contribution >= 4 is 23.4 Å². The molecule has 0 bridgehead atoms. The minimum absolute atomic E-state index is 0.187. The number of primary amides is 1. The van der Waals surface area contributed by atoms with Crippen LogP contribution in [0.3, 0.4) is 0 Å². The predicted molar refractivity (Wildman–Crippen MR) is 104 cm³/mol. The maximum Gasteiger partial charge on any atom is 0.254 e. The zero-order chi connectivity index (χ0) is 20.1. The van der Waals surface area contributed by atoms with Gasteiger partial charge in [-0.25, -0.2) is 4.98 Å². The molecule has 0 fully saturated rings. The molecule has 0 radical (unpaired) electrons. The van der Waals surface area contributed by atoms with Gasteiger partial charge in [0.15, 0.2) is 0 Å². The molecule has 3 rings (SSSR count). The Labute approximate surface area is 161 Å². The highest BCUT2D eigenvalue weighted by molar-refractivity contribution is 5.97. The third-order valence-electron chi connectivity index (χ3n) is 3.89. The van der Waals surface area contributed by atoms with Crippen LogP contribution in [-0.2, 0) is 13.6 Å². The summed E-state index contributed by atoms with van der Waals surface area (Å²) in [6.07, 6.45) is 4.80. The second kappa shape index (κ2) is 8.25. The standard InChI is InChI=1S/C18H21N7O3/c1-25-10-12(8-22-25)23-18-21-9-15(16(19)26)17(24-18)20-7-11-4-13(27-2)6-14(5-11)28-3/h4-6,8-10H,7H2,1-3H3,(H2,19,26)(H2,20,21,23,24). The highest BCUT2D eigenvalue weighted by atomic mass is 16.5. The first kappa shape index (κ1) is 19.0. The van der Waals surface area contributed by atoms with E-state index in [1.165, 1.54) is 6.20 Å². The summed E-state index contributed by atoms with van der Waals surface area (Å²) < 4.78 is 12.2. The van der Waals surface area contributed by atoms with Crippen molar-refractivity contribution in [3.05, 3.63) is 47.9 Å². The van der Waals surface area contributed by atoms with Crippen LogP contribution < -0.4 is 25.8 Å². The largest absolute Gasteiger partial charge is 0.497 e. The predicted octanol–water partition coefficient (Wildman–Crippen LogP) is 1.68. The van der Waals surface area contributed by atoms with E-state index in [9.17, 15) is 4.79 Å². The van der Waals surface area contributed by atoms with Crippen molar-refractivity contribution < 1.29 is 14.3 Å². The number of aryl methyl sites for hydroxylation is 1. The van der Waals surface area contributed by atoms with E-state index in [1.807, 2.05) is 12.1 Å². The molecule has 0 saturated heterocycles. The Hall–Kier alpha value is -3.82. The van der Waals surface area contributed by atoms with Crippen LogP contribution in [0.2, 0.25) is 0 Å². The summed E-state index contributed by atoms with van der Waals surface area (Å²) in [5.74, 6) is 1.32. The Kier molecular flexibility index (Phi) is 5.58. The van der Waals surface area contributed by atoms with E-state index in [1.54, 1.807) is 44.4 Å². The SMILES string of the molecule is COc1cc(CNc2nc(Nc3cnn(C)c3)ncc2C(N)=O)cc(OC)c1. The Balaban J connectivity index is 1.83. The molecule has 0 aliphatic rings. The monoisotopic (exact) mass is 383 g/mol. The first-order chi connectivity index (χ1) is 13.5. The molecule has 2 aromatic heterocycles. The Bertz CT molecular complexity index is 965. The number of aromatic nitrogens is 4. The fraction of sp³-hybridized carbons (Fsp3) is 0.222. The average molecular weight is 383 g/mol. The van der Waals surface area contributed by atoms with Crippen molar-refractivity contribution in [3.8, 4) is 11.5 Å². The summed E-state index contributed by atoms with van der Waals surface area (Å²) >= 11 is 0. The molecule has 10 heteroatoms. The van der Waals surface area contributed by atoms with Gasteiger partial charge < -0.3 is 25.8 Å². The van der Waals surface area contributed by atoms with Gasteiger partial charge in [-0.3, -0.25) is 9.48 Å². The van der Waals surface area contributed by atoms with Crippen molar-refractivity contribution in [1.82, 2.24) is 19.7 Å². The van der Waals surface area contributed by atoms with Crippen LogP contribution >= 0.6 is 0 Å². The number of anilines is 3. The van der Waals surface area contributed by atoms with Gasteiger partial charge in [0, 0.05) is 32.1 Å². The highest BCUT2D eigenvalue weighted by Crippen LogP contribution is 2.24. The van der Waals surface area contributed by atoms with E-state index < -0.39 is 5.91 Å². The van der Waals surface area contributed by atoms with Crippen LogP contribution in [-0.4, -0.2) is 39.9 Å². The number of hydrogen-bond donors (Lipinski definition) is 3. The topological polar surface area (TPSA) is 129 Å². The molecule has 28 heavy (non-hydrogen) atoms. The van der Waals surface area contributed by atoms with Crippen LogP contribution in [0.5, 0.6) is 11.5 Å². The second-order valence-corrected chi connectivity index (χ2v) is 5.92. The highest BCUT2D eigenvalue weighted by Gasteiger charge is 2.13. The molecular formula is C18H21N7O3. The Morgan fingerprint density at radius 1 is 1.18 bits per heavy atom. The van der Waals surface area contributed by atoms with E-state index in [0.717, 1.165) is 11.3 Å². The number of nitrogens with zero attached hydrogens (tertiary/aromatic N) is 4. The van der Waals surface area contributed by atoms with Gasteiger partial charge in [0.2, 0.25) is 5.95 Å². The zero-order valence-electron chi connectivity index (χ0n) is 15.8. The van der Waals surface area contributed by atoms with Crippen LogP contribution in [0, 0.1) is 0 Å². The molecule has 0 unspecified atom stereocenters. The molecule has 0 aliphatic heterocycles. The van der Waals surface area contributed by atoms with Crippen molar-refractivity contribution in [2.45, 2.75) is 6.54 Å². The summed E-state index contributed by atoms with van der Waals surface area (Å²) in [6.45, 7) is 0.372. The molecule has 1 amide bonds. The minimum Gasteiger partial charge on any atom is -0.497 e. The number of nitrogens with one attached hydrogen (secondary N) is 2. The number of ether oxygens (including phenoxy) is 2. The number of amides is 1. The summed E-state index contributed by atoms with van der Waals surface area (Å²) in [4.78, 5) is 20.2. The van der Waals surface area contributed by atoms with E-state index in [4.69, 9.17) is 15.2 Å². The summed E-state index contributed by atoms with van der Waals surface area (Å²) in [5.41, 5.74) is 7.24. The van der Waals surface area contributed by atoms with Gasteiger partial charge in [-0.15, -0.1) is 0 Å². The molecule has 1 aromatic carbocycles. The van der Waals surface area contributed by atoms with Crippen molar-refractivity contribution in [1.29, 1.82) is 0 Å². The lowest BCUT2D eigenvalue weighted by Crippen LogP contribution is -2.17. The maximum atomic E-state index is 11.7. The van der Waals surface area contributed by atoms with Crippen LogP contribution in [0.25, 0.3) is 0 Å². The molecule has 0 saturated carbocycles. The number of carbonyl (C=O) groups is 1. The summed E-state index contributed by atoms with van der Waals surface area (Å²) in [7, 11) is 4.97. The number of benzene rings is 1. The van der Waals surface area contributed by atoms with Gasteiger partial charge in [-0.1, -0.05) is 0 Å². The van der Waals surface area contributed by atoms with Crippen molar-refractivity contribution in [2.24, 2.45) is 12.8 Å². The summed E-state index contributed by atoms with van der Waals surface area (Å²) in [5, 5.41) is 10.2. The smallest absolute Gasteiger partial charge is 0.254 e.